The summed E-state index contributed by atoms with van der Waals surface area (Å²) < 4.78 is 11.1. The molecule has 5 atom stereocenters. The quantitative estimate of drug-likeness (QED) is 0.521. The van der Waals surface area contributed by atoms with Crippen LogP contribution in [-0.2, 0) is 9.47 Å². The first-order valence-electron chi connectivity index (χ1n) is 8.90. The number of thiophene rings is 1. The van der Waals surface area contributed by atoms with Gasteiger partial charge < -0.3 is 30.3 Å². The summed E-state index contributed by atoms with van der Waals surface area (Å²) in [6.45, 7) is 1.43. The molecule has 10 heteroatoms. The van der Waals surface area contributed by atoms with Gasteiger partial charge in [0.25, 0.3) is 0 Å². The predicted octanol–water partition coefficient (Wildman–Crippen LogP) is 0.891. The second-order valence-corrected chi connectivity index (χ2v) is 7.49. The molecule has 1 aromatic heterocycles. The number of hydrogen-bond donors (Lipinski definition) is 4. The predicted molar refractivity (Wildman–Crippen MR) is 106 cm³/mol. The van der Waals surface area contributed by atoms with Crippen molar-refractivity contribution >= 4 is 35.5 Å². The summed E-state index contributed by atoms with van der Waals surface area (Å²) in [7, 11) is 1.67. The number of urea groups is 1. The number of nitrogens with zero attached hydrogens (tertiary/aromatic N) is 1. The van der Waals surface area contributed by atoms with Crippen molar-refractivity contribution in [2.45, 2.75) is 43.2 Å². The summed E-state index contributed by atoms with van der Waals surface area (Å²) in [5, 5.41) is 29.4. The lowest BCUT2D eigenvalue weighted by Gasteiger charge is -2.34. The zero-order valence-corrected chi connectivity index (χ0v) is 16.9. The normalized spacial score (nSPS) is 30.9. The number of amides is 2. The Hall–Kier alpha value is -0.940. The Kier molecular flexibility index (Phi) is 8.74. The van der Waals surface area contributed by atoms with E-state index in [1.807, 2.05) is 16.8 Å². The second kappa shape index (κ2) is 10.6. The fraction of sp³-hybridized carbons (Fsp3) is 0.706. The molecule has 3 heterocycles. The van der Waals surface area contributed by atoms with Gasteiger partial charge in [-0.1, -0.05) is 0 Å². The average Bonchev–Trinajstić information content (AvgIpc) is 3.34. The summed E-state index contributed by atoms with van der Waals surface area (Å²) in [6.07, 6.45) is 0.187. The van der Waals surface area contributed by atoms with E-state index in [4.69, 9.17) is 9.47 Å². The number of anilines is 1. The number of ether oxygens (including phenoxy) is 2. The van der Waals surface area contributed by atoms with Gasteiger partial charge >= 0.3 is 6.03 Å². The van der Waals surface area contributed by atoms with Crippen LogP contribution in [0.1, 0.15) is 12.8 Å². The number of aliphatic hydroxyl groups is 2. The molecule has 2 saturated heterocycles. The second-order valence-electron chi connectivity index (χ2n) is 6.71. The molecule has 2 fully saturated rings. The minimum Gasteiger partial charge on any atom is -0.394 e. The van der Waals surface area contributed by atoms with Gasteiger partial charge in [-0.2, -0.15) is 11.3 Å². The fourth-order valence-electron chi connectivity index (χ4n) is 3.88. The molecule has 2 aliphatic rings. The monoisotopic (exact) mass is 421 g/mol. The third kappa shape index (κ3) is 5.32. The third-order valence-corrected chi connectivity index (χ3v) is 5.73. The number of likely N-dealkylation sites (tertiary alicyclic amines) is 1. The Morgan fingerprint density at radius 1 is 1.48 bits per heavy atom. The van der Waals surface area contributed by atoms with E-state index < -0.39 is 18.3 Å². The maximum Gasteiger partial charge on any atom is 0.319 e. The van der Waals surface area contributed by atoms with E-state index in [9.17, 15) is 15.0 Å². The fourth-order valence-corrected chi connectivity index (χ4v) is 4.47. The first-order chi connectivity index (χ1) is 12.6. The largest absolute Gasteiger partial charge is 0.394 e. The number of nitrogens with one attached hydrogen (secondary N) is 2. The van der Waals surface area contributed by atoms with Crippen LogP contribution in [-0.4, -0.2) is 85.0 Å². The SMILES string of the molecule is COC[C@H]1CCCN1[C@@H]1[C@H](O)[C@H](CO)O[C@@H]1CNC(=O)Nc1ccsc1.Cl. The molecule has 0 bridgehead atoms. The van der Waals surface area contributed by atoms with Gasteiger partial charge in [0, 0.05) is 25.1 Å². The van der Waals surface area contributed by atoms with Crippen LogP contribution in [0.3, 0.4) is 0 Å². The summed E-state index contributed by atoms with van der Waals surface area (Å²) >= 11 is 1.50. The highest BCUT2D eigenvalue weighted by Gasteiger charge is 2.48. The van der Waals surface area contributed by atoms with Gasteiger partial charge in [0.05, 0.1) is 31.0 Å². The number of rotatable bonds is 7. The molecule has 0 unspecified atom stereocenters. The molecule has 3 rings (SSSR count). The summed E-state index contributed by atoms with van der Waals surface area (Å²) in [4.78, 5) is 14.3. The minimum absolute atomic E-state index is 0. The van der Waals surface area contributed by atoms with Crippen molar-refractivity contribution < 1.29 is 24.5 Å². The number of hydrogen-bond acceptors (Lipinski definition) is 7. The summed E-state index contributed by atoms with van der Waals surface area (Å²) in [6, 6.07) is 1.44. The van der Waals surface area contributed by atoms with Gasteiger partial charge in [-0.3, -0.25) is 4.90 Å². The highest BCUT2D eigenvalue weighted by atomic mass is 35.5. The Labute approximate surface area is 169 Å². The first-order valence-corrected chi connectivity index (χ1v) is 9.84. The maximum atomic E-state index is 12.1. The molecular formula is C17H28ClN3O5S. The van der Waals surface area contributed by atoms with Crippen molar-refractivity contribution in [3.8, 4) is 0 Å². The molecule has 27 heavy (non-hydrogen) atoms. The Balaban J connectivity index is 0.00000261. The summed E-state index contributed by atoms with van der Waals surface area (Å²) in [5.74, 6) is 0. The van der Waals surface area contributed by atoms with Crippen molar-refractivity contribution in [2.24, 2.45) is 0 Å². The van der Waals surface area contributed by atoms with Crippen molar-refractivity contribution in [1.29, 1.82) is 0 Å². The Morgan fingerprint density at radius 3 is 2.96 bits per heavy atom. The highest BCUT2D eigenvalue weighted by Crippen LogP contribution is 2.31. The molecule has 8 nitrogen and oxygen atoms in total. The number of methoxy groups -OCH3 is 1. The van der Waals surface area contributed by atoms with Crippen LogP contribution >= 0.6 is 23.7 Å². The molecule has 0 saturated carbocycles. The van der Waals surface area contributed by atoms with Crippen LogP contribution in [0, 0.1) is 0 Å². The van der Waals surface area contributed by atoms with Crippen LogP contribution in [0.25, 0.3) is 0 Å². The van der Waals surface area contributed by atoms with Gasteiger partial charge in [-0.25, -0.2) is 4.79 Å². The van der Waals surface area contributed by atoms with E-state index in [1.165, 1.54) is 11.3 Å². The van der Waals surface area contributed by atoms with E-state index in [-0.39, 0.29) is 43.7 Å². The van der Waals surface area contributed by atoms with Crippen molar-refractivity contribution in [1.82, 2.24) is 10.2 Å². The Bertz CT molecular complexity index is 579. The number of carbonyl (C=O) groups excluding carboxylic acids is 1. The lowest BCUT2D eigenvalue weighted by molar-refractivity contribution is -0.0205. The molecule has 1 aromatic rings. The molecule has 0 radical (unpaired) electrons. The van der Waals surface area contributed by atoms with Crippen LogP contribution < -0.4 is 10.6 Å². The lowest BCUT2D eigenvalue weighted by atomic mass is 10.0. The zero-order valence-electron chi connectivity index (χ0n) is 15.2. The molecule has 2 aliphatic heterocycles. The highest BCUT2D eigenvalue weighted by molar-refractivity contribution is 7.08. The standard InChI is InChI=1S/C17H27N3O5S.ClH/c1-24-9-12-3-2-5-20(12)15-13(25-14(8-21)16(15)22)7-18-17(23)19-11-4-6-26-10-11;/h4,6,10,12-16,21-22H,2-3,5,7-9H2,1H3,(H2,18,19,23);1H/t12-,13-,14+,15+,16-;/m1./s1. The van der Waals surface area contributed by atoms with Gasteiger partial charge in [0.2, 0.25) is 0 Å². The van der Waals surface area contributed by atoms with E-state index in [0.717, 1.165) is 25.1 Å². The molecular weight excluding hydrogens is 394 g/mol. The van der Waals surface area contributed by atoms with Crippen LogP contribution in [0.15, 0.2) is 16.8 Å². The third-order valence-electron chi connectivity index (χ3n) is 5.05. The lowest BCUT2D eigenvalue weighted by Crippen LogP contribution is -2.53. The van der Waals surface area contributed by atoms with Crippen molar-refractivity contribution in [3.05, 3.63) is 16.8 Å². The Morgan fingerprint density at radius 2 is 2.30 bits per heavy atom. The average molecular weight is 422 g/mol. The van der Waals surface area contributed by atoms with Crippen LogP contribution in [0.2, 0.25) is 0 Å². The zero-order chi connectivity index (χ0) is 18.5. The van der Waals surface area contributed by atoms with Gasteiger partial charge in [-0.15, -0.1) is 12.4 Å². The van der Waals surface area contributed by atoms with E-state index in [0.29, 0.717) is 6.61 Å². The molecule has 0 aliphatic carbocycles. The number of halogens is 1. The smallest absolute Gasteiger partial charge is 0.319 e. The van der Waals surface area contributed by atoms with Gasteiger partial charge in [-0.05, 0) is 30.8 Å². The molecule has 4 N–H and O–H groups in total. The molecule has 0 spiro atoms. The van der Waals surface area contributed by atoms with Gasteiger partial charge in [0.1, 0.15) is 12.2 Å². The summed E-state index contributed by atoms with van der Waals surface area (Å²) in [5.41, 5.74) is 0.740. The van der Waals surface area contributed by atoms with E-state index in [1.54, 1.807) is 7.11 Å². The van der Waals surface area contributed by atoms with Crippen molar-refractivity contribution in [2.75, 3.05) is 38.7 Å². The van der Waals surface area contributed by atoms with Crippen LogP contribution in [0.4, 0.5) is 10.5 Å². The molecule has 2 amide bonds. The van der Waals surface area contributed by atoms with Crippen molar-refractivity contribution in [3.63, 3.8) is 0 Å². The van der Waals surface area contributed by atoms with E-state index >= 15 is 0 Å². The van der Waals surface area contributed by atoms with Gasteiger partial charge in [0.15, 0.2) is 0 Å². The van der Waals surface area contributed by atoms with E-state index in [2.05, 4.69) is 15.5 Å². The molecule has 0 aromatic carbocycles. The maximum absolute atomic E-state index is 12.1. The topological polar surface area (TPSA) is 103 Å². The minimum atomic E-state index is -0.802. The number of aliphatic hydroxyl groups excluding tert-OH is 2. The van der Waals surface area contributed by atoms with Crippen LogP contribution in [0.5, 0.6) is 0 Å². The first kappa shape index (κ1) is 22.4. The number of carbonyl (C=O) groups is 1. The molecule has 154 valence electrons.